The van der Waals surface area contributed by atoms with Crippen LogP contribution in [0.5, 0.6) is 5.75 Å². The second-order valence-electron chi connectivity index (χ2n) is 5.24. The standard InChI is InChI=1S/C18H16N2O4S/c1-23-15-6-3-11(7-13(15)18(22)24-2)9-19-17(21)12-4-5-14-16(8-12)25-10-20-14/h3-8,10H,9H2,1-2H3,(H,19,21). The first-order chi connectivity index (χ1) is 12.1. The maximum Gasteiger partial charge on any atom is 0.341 e. The molecular formula is C18H16N2O4S. The molecule has 2 aromatic carbocycles. The lowest BCUT2D eigenvalue weighted by atomic mass is 10.1. The molecule has 6 nitrogen and oxygen atoms in total. The molecule has 1 amide bonds. The van der Waals surface area contributed by atoms with Gasteiger partial charge in [-0.25, -0.2) is 9.78 Å². The van der Waals surface area contributed by atoms with E-state index in [1.807, 2.05) is 12.1 Å². The summed E-state index contributed by atoms with van der Waals surface area (Å²) in [5, 5.41) is 2.85. The zero-order valence-corrected chi connectivity index (χ0v) is 14.6. The van der Waals surface area contributed by atoms with Gasteiger partial charge in [0, 0.05) is 12.1 Å². The minimum Gasteiger partial charge on any atom is -0.496 e. The number of hydrogen-bond donors (Lipinski definition) is 1. The summed E-state index contributed by atoms with van der Waals surface area (Å²) in [5.74, 6) is -0.246. The van der Waals surface area contributed by atoms with E-state index in [2.05, 4.69) is 10.3 Å². The second kappa shape index (κ2) is 7.31. The van der Waals surface area contributed by atoms with Gasteiger partial charge in [0.15, 0.2) is 0 Å². The first kappa shape index (κ1) is 16.9. The van der Waals surface area contributed by atoms with Gasteiger partial charge in [0.2, 0.25) is 0 Å². The molecule has 128 valence electrons. The van der Waals surface area contributed by atoms with Gasteiger partial charge >= 0.3 is 5.97 Å². The van der Waals surface area contributed by atoms with Crippen molar-refractivity contribution < 1.29 is 19.1 Å². The molecule has 0 spiro atoms. The molecule has 0 unspecified atom stereocenters. The smallest absolute Gasteiger partial charge is 0.341 e. The maximum absolute atomic E-state index is 12.3. The summed E-state index contributed by atoms with van der Waals surface area (Å²) in [6.07, 6.45) is 0. The van der Waals surface area contributed by atoms with Gasteiger partial charge in [-0.3, -0.25) is 4.79 Å². The summed E-state index contributed by atoms with van der Waals surface area (Å²) in [7, 11) is 2.80. The van der Waals surface area contributed by atoms with Crippen molar-refractivity contribution in [1.29, 1.82) is 0 Å². The minimum absolute atomic E-state index is 0.189. The Balaban J connectivity index is 1.74. The van der Waals surface area contributed by atoms with E-state index in [0.717, 1.165) is 15.8 Å². The van der Waals surface area contributed by atoms with Gasteiger partial charge < -0.3 is 14.8 Å². The van der Waals surface area contributed by atoms with Gasteiger partial charge in [-0.15, -0.1) is 11.3 Å². The van der Waals surface area contributed by atoms with E-state index >= 15 is 0 Å². The number of nitrogens with zero attached hydrogens (tertiary/aromatic N) is 1. The fourth-order valence-corrected chi connectivity index (χ4v) is 3.13. The predicted molar refractivity (Wildman–Crippen MR) is 95.1 cm³/mol. The molecule has 3 aromatic rings. The molecular weight excluding hydrogens is 340 g/mol. The van der Waals surface area contributed by atoms with Crippen LogP contribution in [0.1, 0.15) is 26.3 Å². The lowest BCUT2D eigenvalue weighted by Crippen LogP contribution is -2.22. The van der Waals surface area contributed by atoms with Crippen molar-refractivity contribution in [3.05, 3.63) is 58.6 Å². The van der Waals surface area contributed by atoms with Gasteiger partial charge in [-0.05, 0) is 35.9 Å². The molecule has 0 saturated heterocycles. The number of ether oxygens (including phenoxy) is 2. The third kappa shape index (κ3) is 3.61. The number of methoxy groups -OCH3 is 2. The molecule has 1 N–H and O–H groups in total. The Bertz CT molecular complexity index is 936. The first-order valence-corrected chi connectivity index (χ1v) is 8.37. The van der Waals surface area contributed by atoms with E-state index in [1.54, 1.807) is 29.8 Å². The largest absolute Gasteiger partial charge is 0.496 e. The molecule has 1 aromatic heterocycles. The number of nitrogens with one attached hydrogen (secondary N) is 1. The second-order valence-corrected chi connectivity index (χ2v) is 6.13. The van der Waals surface area contributed by atoms with Crippen molar-refractivity contribution in [3.8, 4) is 5.75 Å². The Labute approximate surface area is 148 Å². The van der Waals surface area contributed by atoms with Crippen molar-refractivity contribution in [1.82, 2.24) is 10.3 Å². The Morgan fingerprint density at radius 3 is 2.76 bits per heavy atom. The maximum atomic E-state index is 12.3. The van der Waals surface area contributed by atoms with Crippen LogP contribution in [0, 0.1) is 0 Å². The normalized spacial score (nSPS) is 10.5. The summed E-state index contributed by atoms with van der Waals surface area (Å²) < 4.78 is 10.9. The predicted octanol–water partition coefficient (Wildman–Crippen LogP) is 3.02. The number of amides is 1. The molecule has 0 atom stereocenters. The van der Waals surface area contributed by atoms with E-state index in [9.17, 15) is 9.59 Å². The summed E-state index contributed by atoms with van der Waals surface area (Å²) in [6, 6.07) is 10.5. The van der Waals surface area contributed by atoms with Gasteiger partial charge in [0.05, 0.1) is 29.9 Å². The van der Waals surface area contributed by atoms with Crippen LogP contribution >= 0.6 is 11.3 Å². The molecule has 3 rings (SSSR count). The van der Waals surface area contributed by atoms with Gasteiger partial charge in [-0.1, -0.05) is 6.07 Å². The monoisotopic (exact) mass is 356 g/mol. The molecule has 0 aliphatic rings. The molecule has 0 aliphatic heterocycles. The number of benzene rings is 2. The molecule has 0 aliphatic carbocycles. The molecule has 0 saturated carbocycles. The average molecular weight is 356 g/mol. The van der Waals surface area contributed by atoms with E-state index in [0.29, 0.717) is 16.9 Å². The third-order valence-corrected chi connectivity index (χ3v) is 4.51. The first-order valence-electron chi connectivity index (χ1n) is 7.49. The average Bonchev–Trinajstić information content (AvgIpc) is 3.12. The number of thiazole rings is 1. The Morgan fingerprint density at radius 1 is 1.16 bits per heavy atom. The molecule has 0 fully saturated rings. The SMILES string of the molecule is COC(=O)c1cc(CNC(=O)c2ccc3ncsc3c2)ccc1OC. The Morgan fingerprint density at radius 2 is 2.00 bits per heavy atom. The van der Waals surface area contributed by atoms with E-state index in [-0.39, 0.29) is 12.5 Å². The van der Waals surface area contributed by atoms with Crippen LogP contribution in [-0.2, 0) is 11.3 Å². The van der Waals surface area contributed by atoms with Crippen LogP contribution in [0.4, 0.5) is 0 Å². The Hall–Kier alpha value is -2.93. The molecule has 25 heavy (non-hydrogen) atoms. The highest BCUT2D eigenvalue weighted by Crippen LogP contribution is 2.21. The van der Waals surface area contributed by atoms with Crippen molar-refractivity contribution in [3.63, 3.8) is 0 Å². The van der Waals surface area contributed by atoms with Crippen molar-refractivity contribution >= 4 is 33.4 Å². The van der Waals surface area contributed by atoms with Crippen LogP contribution in [0.2, 0.25) is 0 Å². The summed E-state index contributed by atoms with van der Waals surface area (Å²) >= 11 is 1.49. The third-order valence-electron chi connectivity index (χ3n) is 3.72. The number of carbonyl (C=O) groups excluding carboxylic acids is 2. The zero-order chi connectivity index (χ0) is 17.8. The van der Waals surface area contributed by atoms with E-state index in [4.69, 9.17) is 9.47 Å². The van der Waals surface area contributed by atoms with Crippen molar-refractivity contribution in [2.45, 2.75) is 6.54 Å². The van der Waals surface area contributed by atoms with Crippen LogP contribution in [0.25, 0.3) is 10.2 Å². The minimum atomic E-state index is -0.485. The molecule has 7 heteroatoms. The van der Waals surface area contributed by atoms with E-state index < -0.39 is 5.97 Å². The van der Waals surface area contributed by atoms with Crippen molar-refractivity contribution in [2.75, 3.05) is 14.2 Å². The highest BCUT2D eigenvalue weighted by molar-refractivity contribution is 7.16. The summed E-state index contributed by atoms with van der Waals surface area (Å²) in [4.78, 5) is 28.3. The van der Waals surface area contributed by atoms with Gasteiger partial charge in [-0.2, -0.15) is 0 Å². The lowest BCUT2D eigenvalue weighted by molar-refractivity contribution is 0.0597. The number of aromatic nitrogens is 1. The molecule has 0 bridgehead atoms. The summed E-state index contributed by atoms with van der Waals surface area (Å²) in [5.41, 5.74) is 4.28. The highest BCUT2D eigenvalue weighted by atomic mass is 32.1. The fourth-order valence-electron chi connectivity index (χ4n) is 2.42. The number of fused-ring (bicyclic) bond motifs is 1. The molecule has 1 heterocycles. The van der Waals surface area contributed by atoms with Crippen molar-refractivity contribution in [2.24, 2.45) is 0 Å². The number of carbonyl (C=O) groups is 2. The van der Waals surface area contributed by atoms with E-state index in [1.165, 1.54) is 25.6 Å². The number of hydrogen-bond acceptors (Lipinski definition) is 6. The van der Waals surface area contributed by atoms with Crippen LogP contribution in [0.3, 0.4) is 0 Å². The quantitative estimate of drug-likeness (QED) is 0.711. The summed E-state index contributed by atoms with van der Waals surface area (Å²) in [6.45, 7) is 0.285. The Kier molecular flexibility index (Phi) is 4.95. The topological polar surface area (TPSA) is 77.5 Å². The zero-order valence-electron chi connectivity index (χ0n) is 13.7. The van der Waals surface area contributed by atoms with Crippen LogP contribution < -0.4 is 10.1 Å². The highest BCUT2D eigenvalue weighted by Gasteiger charge is 2.14. The number of esters is 1. The fraction of sp³-hybridized carbons (Fsp3) is 0.167. The molecule has 0 radical (unpaired) electrons. The van der Waals surface area contributed by atoms with Crippen LogP contribution in [-0.4, -0.2) is 31.1 Å². The number of rotatable bonds is 5. The van der Waals surface area contributed by atoms with Gasteiger partial charge in [0.1, 0.15) is 11.3 Å². The lowest BCUT2D eigenvalue weighted by Gasteiger charge is -2.10. The van der Waals surface area contributed by atoms with Gasteiger partial charge in [0.25, 0.3) is 5.91 Å². The van der Waals surface area contributed by atoms with Crippen LogP contribution in [0.15, 0.2) is 41.9 Å².